The Morgan fingerprint density at radius 1 is 0.707 bits per heavy atom. The van der Waals surface area contributed by atoms with E-state index < -0.39 is 52.7 Å². The molecule has 6 aliphatic rings. The van der Waals surface area contributed by atoms with Gasteiger partial charge in [-0.1, -0.05) is 55.4 Å². The van der Waals surface area contributed by atoms with Crippen LogP contribution in [0.25, 0.3) is 71.9 Å². The van der Waals surface area contributed by atoms with E-state index in [0.717, 1.165) is 24.7 Å². The van der Waals surface area contributed by atoms with Crippen molar-refractivity contribution in [3.63, 3.8) is 0 Å². The molecular weight excluding hydrogens is 1300 g/mol. The fraction of sp³-hybridized carbons (Fsp3) is 0.397. The molecule has 0 saturated carbocycles. The number of carbonyl (C=O) groups excluding carboxylic acids is 2. The number of amides is 2. The number of hydrogen-bond acceptors (Lipinski definition) is 17. The summed E-state index contributed by atoms with van der Waals surface area (Å²) in [5.74, 6) is -2.67. The minimum Gasteiger partial charge on any atom is -0.508 e. The molecule has 2 amide bonds. The lowest BCUT2D eigenvalue weighted by Crippen LogP contribution is -2.44. The molecule has 1 N–H and O–H groups in total. The fourth-order valence-electron chi connectivity index (χ4n) is 16.5. The lowest BCUT2D eigenvalue weighted by Gasteiger charge is -2.35. The van der Waals surface area contributed by atoms with Gasteiger partial charge >= 0.3 is 12.0 Å². The van der Waals surface area contributed by atoms with Gasteiger partial charge in [-0.05, 0) is 122 Å². The Kier molecular flexibility index (Phi) is 17.1. The highest BCUT2D eigenvalue weighted by Gasteiger charge is 2.55. The minimum absolute atomic E-state index is 0.0115. The Balaban J connectivity index is 0.755. The third kappa shape index (κ3) is 11.6. The molecule has 512 valence electrons. The van der Waals surface area contributed by atoms with Gasteiger partial charge in [-0.3, -0.25) is 29.4 Å². The lowest BCUT2D eigenvalue weighted by atomic mass is 9.92. The van der Waals surface area contributed by atoms with Gasteiger partial charge < -0.3 is 34.2 Å². The normalized spacial score (nSPS) is 23.2. The maximum Gasteiger partial charge on any atom is 0.319 e. The molecule has 99 heavy (non-hydrogen) atoms. The number of likely N-dealkylation sites (tertiary alicyclic amines) is 2. The van der Waals surface area contributed by atoms with Crippen LogP contribution >= 0.6 is 11.6 Å². The fourth-order valence-corrected chi connectivity index (χ4v) is 16.7. The molecule has 26 heteroatoms. The quantitative estimate of drug-likeness (QED) is 0.0667. The number of benzene rings is 4. The zero-order chi connectivity index (χ0) is 68.9. The monoisotopic (exact) mass is 1370 g/mol. The van der Waals surface area contributed by atoms with E-state index in [2.05, 4.69) is 31.3 Å². The number of rotatable bonds is 17. The largest absolute Gasteiger partial charge is 0.508 e. The second kappa shape index (κ2) is 25.8. The van der Waals surface area contributed by atoms with Crippen molar-refractivity contribution in [2.24, 2.45) is 0 Å². The summed E-state index contributed by atoms with van der Waals surface area (Å²) in [5.41, 5.74) is -0.391. The highest BCUT2D eigenvalue weighted by atomic mass is 35.5. The number of aryl methyl sites for hydroxylation is 2. The number of anilines is 2. The van der Waals surface area contributed by atoms with Crippen molar-refractivity contribution in [2.45, 2.75) is 113 Å². The van der Waals surface area contributed by atoms with E-state index in [4.69, 9.17) is 46.0 Å². The van der Waals surface area contributed by atoms with Crippen LogP contribution in [0.3, 0.4) is 0 Å². The smallest absolute Gasteiger partial charge is 0.319 e. The van der Waals surface area contributed by atoms with E-state index in [0.29, 0.717) is 108 Å². The van der Waals surface area contributed by atoms with E-state index in [1.165, 1.54) is 54.9 Å². The summed E-state index contributed by atoms with van der Waals surface area (Å²) in [4.78, 5) is 74.2. The Morgan fingerprint density at radius 3 is 2.03 bits per heavy atom. The molecule has 0 radical (unpaired) electrons. The van der Waals surface area contributed by atoms with Crippen LogP contribution in [0.2, 0.25) is 5.02 Å². The summed E-state index contributed by atoms with van der Waals surface area (Å²) < 4.78 is 110. The minimum atomic E-state index is -1.27. The third-order valence-corrected chi connectivity index (χ3v) is 21.7. The standard InChI is InChI=1S/C73H71ClF6N14O5/c1-6-46-54(77)15-12-40-26-45(95)27-50(60(40)46)65-63(80)67-52(31-83-65)69(89(4)43-19-24-91(35-43)58(96)7-2)88-71(86-67)99-38-73-22-18-57(94(73)34-42(76)29-73)47-13-14-53(74)61-48(47)10-8-11-49(61)64-62(79)66-51(30-82-64)68(87-70(85-66)98-37-72-21-9-23-93(72)33-41(75)28-72)90(5)44-20-25-92(36-44)59(97)17-16-56-55(78)32-81-39(3)84-56/h7-8,10-17,26-27,30-32,41-44,57,95H,2,6,9,18-25,28-29,33-38H2,1,3-5H3/b17-16+/t41-,42-,43-,44-,57?,72+,73+/m1/s1. The lowest BCUT2D eigenvalue weighted by molar-refractivity contribution is -0.125. The molecule has 6 saturated heterocycles. The first-order valence-electron chi connectivity index (χ1n) is 33.5. The second-order valence-corrected chi connectivity index (χ2v) is 27.5. The molecule has 9 aromatic rings. The number of phenols is 1. The van der Waals surface area contributed by atoms with Crippen LogP contribution in [0.15, 0.2) is 91.9 Å². The van der Waals surface area contributed by atoms with E-state index in [1.54, 1.807) is 55.9 Å². The number of alkyl halides is 2. The van der Waals surface area contributed by atoms with Gasteiger partial charge in [0, 0.05) is 124 Å². The zero-order valence-corrected chi connectivity index (χ0v) is 55.7. The van der Waals surface area contributed by atoms with Crippen molar-refractivity contribution < 1.29 is 50.5 Å². The summed E-state index contributed by atoms with van der Waals surface area (Å²) in [7, 11) is 3.58. The van der Waals surface area contributed by atoms with Crippen LogP contribution in [0.5, 0.6) is 17.8 Å². The number of pyridine rings is 2. The van der Waals surface area contributed by atoms with Gasteiger partial charge in [-0.25, -0.2) is 36.3 Å². The van der Waals surface area contributed by atoms with Gasteiger partial charge in [0.1, 0.15) is 82.7 Å². The van der Waals surface area contributed by atoms with Crippen molar-refractivity contribution in [2.75, 3.05) is 82.9 Å². The predicted octanol–water partition coefficient (Wildman–Crippen LogP) is 12.2. The first-order valence-corrected chi connectivity index (χ1v) is 33.9. The molecule has 5 aromatic heterocycles. The topological polar surface area (TPSA) is 195 Å². The number of carbonyl (C=O) groups is 2. The van der Waals surface area contributed by atoms with Crippen molar-refractivity contribution in [3.8, 4) is 40.3 Å². The summed E-state index contributed by atoms with van der Waals surface area (Å²) >= 11 is 7.24. The highest BCUT2D eigenvalue weighted by Crippen LogP contribution is 2.53. The summed E-state index contributed by atoms with van der Waals surface area (Å²) in [5, 5.41) is 13.8. The SMILES string of the molecule is C=CC(=O)N1CC[C@@H](N(C)c2nc(OC[C@@]34CCC(c5ccc(Cl)c6c(-c7ncc8c(N(C)[C@@H]9CCN(C(=O)/C=C/c%10nc(C)ncc%10F)C9)nc(OC[C@@]9%10CCCN9C[C@H](F)C%10)nc8c7F)cccc56)N3C[C@H](F)C4)nc3c(F)c(-c4cc(O)cc5ccc(F)c(CC)c45)ncc23)C1. The highest BCUT2D eigenvalue weighted by molar-refractivity contribution is 6.37. The molecular formula is C73H71ClF6N14O5. The number of hydrogen-bond donors (Lipinski definition) is 1. The van der Waals surface area contributed by atoms with Crippen molar-refractivity contribution >= 4 is 84.5 Å². The molecule has 4 aromatic carbocycles. The Hall–Kier alpha value is -9.33. The van der Waals surface area contributed by atoms with E-state index in [1.807, 2.05) is 21.9 Å². The maximum atomic E-state index is 18.1. The van der Waals surface area contributed by atoms with E-state index >= 15 is 22.0 Å². The van der Waals surface area contributed by atoms with Crippen LogP contribution in [0.4, 0.5) is 38.0 Å². The molecule has 6 aliphatic heterocycles. The first-order chi connectivity index (χ1) is 47.7. The van der Waals surface area contributed by atoms with Crippen LogP contribution < -0.4 is 19.3 Å². The van der Waals surface area contributed by atoms with Gasteiger partial charge in [-0.2, -0.15) is 19.9 Å². The summed E-state index contributed by atoms with van der Waals surface area (Å²) in [6, 6.07) is 13.4. The number of ether oxygens (including phenoxy) is 2. The number of fused-ring (bicyclic) bond motifs is 6. The Labute approximate surface area is 571 Å². The Morgan fingerprint density at radius 2 is 1.35 bits per heavy atom. The van der Waals surface area contributed by atoms with Gasteiger partial charge in [0.05, 0.1) is 28.0 Å². The van der Waals surface area contributed by atoms with Crippen molar-refractivity contribution in [3.05, 3.63) is 143 Å². The molecule has 11 heterocycles. The average molecular weight is 1370 g/mol. The van der Waals surface area contributed by atoms with Crippen LogP contribution in [-0.4, -0.2) is 185 Å². The number of likely N-dealkylation sites (N-methyl/N-ethyl adjacent to an activating group) is 2. The number of aromatic nitrogens is 8. The summed E-state index contributed by atoms with van der Waals surface area (Å²) in [6.45, 7) is 9.47. The van der Waals surface area contributed by atoms with Gasteiger partial charge in [-0.15, -0.1) is 0 Å². The predicted molar refractivity (Wildman–Crippen MR) is 364 cm³/mol. The molecule has 15 rings (SSSR count). The second-order valence-electron chi connectivity index (χ2n) is 27.1. The molecule has 0 spiro atoms. The maximum absolute atomic E-state index is 18.1. The van der Waals surface area contributed by atoms with Gasteiger partial charge in [0.25, 0.3) is 0 Å². The van der Waals surface area contributed by atoms with E-state index in [9.17, 15) is 19.1 Å². The molecule has 6 fully saturated rings. The van der Waals surface area contributed by atoms with Crippen LogP contribution in [-0.2, 0) is 16.0 Å². The molecule has 1 unspecified atom stereocenters. The number of phenolic OH excluding ortho intramolecular Hbond substituents is 1. The van der Waals surface area contributed by atoms with Crippen LogP contribution in [0, 0.1) is 30.2 Å². The Bertz CT molecular complexity index is 4830. The number of halogens is 7. The first kappa shape index (κ1) is 65.6. The number of aromatic hydroxyl groups is 1. The van der Waals surface area contributed by atoms with Crippen LogP contribution in [0.1, 0.15) is 87.0 Å². The number of nitrogens with zero attached hydrogens (tertiary/aromatic N) is 14. The zero-order valence-electron chi connectivity index (χ0n) is 55.0. The average Bonchev–Trinajstić information content (AvgIpc) is 1.68. The summed E-state index contributed by atoms with van der Waals surface area (Å²) in [6.07, 6.45) is 9.85. The molecule has 19 nitrogen and oxygen atoms in total. The molecule has 0 aliphatic carbocycles. The van der Waals surface area contributed by atoms with E-state index in [-0.39, 0.29) is 138 Å². The molecule has 0 bridgehead atoms. The van der Waals surface area contributed by atoms with Gasteiger partial charge in [0.2, 0.25) is 11.8 Å². The van der Waals surface area contributed by atoms with Gasteiger partial charge in [0.15, 0.2) is 17.5 Å². The van der Waals surface area contributed by atoms with Crippen molar-refractivity contribution in [1.29, 1.82) is 0 Å². The third-order valence-electron chi connectivity index (χ3n) is 21.4. The molecule has 7 atom stereocenters. The van der Waals surface area contributed by atoms with Crippen molar-refractivity contribution in [1.82, 2.24) is 59.5 Å².